The molecule has 1 heterocycles. The Labute approximate surface area is 120 Å². The molecule has 0 saturated heterocycles. The van der Waals surface area contributed by atoms with Crippen molar-refractivity contribution in [2.24, 2.45) is 0 Å². The molecule has 1 aromatic carbocycles. The number of benzene rings is 1. The predicted octanol–water partition coefficient (Wildman–Crippen LogP) is 2.40. The number of likely N-dealkylation sites (N-methyl/N-ethyl adjacent to an activating group) is 1. The summed E-state index contributed by atoms with van der Waals surface area (Å²) in [5, 5.41) is 10.2. The molecule has 100 valence electrons. The molecule has 0 aliphatic rings. The molecule has 0 spiro atoms. The molecule has 0 fully saturated rings. The van der Waals surface area contributed by atoms with E-state index in [1.807, 2.05) is 19.1 Å². The molecular weight excluding hydrogens is 284 g/mol. The zero-order valence-electron chi connectivity index (χ0n) is 10.3. The van der Waals surface area contributed by atoms with Gasteiger partial charge in [0.15, 0.2) is 10.6 Å². The Balaban J connectivity index is 2.34. The van der Waals surface area contributed by atoms with Crippen LogP contribution >= 0.6 is 23.8 Å². The summed E-state index contributed by atoms with van der Waals surface area (Å²) in [6.07, 6.45) is 0. The Morgan fingerprint density at radius 2 is 2.16 bits per heavy atom. The molecule has 7 heteroatoms. The minimum atomic E-state index is -0.102. The normalized spacial score (nSPS) is 10.4. The van der Waals surface area contributed by atoms with Gasteiger partial charge in [0.1, 0.15) is 6.54 Å². The van der Waals surface area contributed by atoms with E-state index in [0.29, 0.717) is 22.2 Å². The summed E-state index contributed by atoms with van der Waals surface area (Å²) in [6, 6.07) is 7.21. The van der Waals surface area contributed by atoms with E-state index in [1.54, 1.807) is 16.7 Å². The number of amides is 1. The lowest BCUT2D eigenvalue weighted by Crippen LogP contribution is -2.27. The van der Waals surface area contributed by atoms with Crippen molar-refractivity contribution in [3.05, 3.63) is 34.1 Å². The van der Waals surface area contributed by atoms with Crippen LogP contribution in [0.1, 0.15) is 6.92 Å². The van der Waals surface area contributed by atoms with E-state index in [-0.39, 0.29) is 12.5 Å². The molecule has 19 heavy (non-hydrogen) atoms. The van der Waals surface area contributed by atoms with E-state index in [0.717, 1.165) is 5.56 Å². The molecule has 0 aliphatic carbocycles. The molecule has 0 radical (unpaired) electrons. The highest BCUT2D eigenvalue weighted by atomic mass is 35.5. The summed E-state index contributed by atoms with van der Waals surface area (Å²) in [6.45, 7) is 2.59. The summed E-state index contributed by atoms with van der Waals surface area (Å²) >= 11 is 11.0. The predicted molar refractivity (Wildman–Crippen MR) is 76.5 cm³/mol. The first-order valence-electron chi connectivity index (χ1n) is 5.79. The largest absolute Gasteiger partial charge is 0.355 e. The number of hydrogen-bond acceptors (Lipinski definition) is 3. The van der Waals surface area contributed by atoms with Crippen molar-refractivity contribution in [3.8, 4) is 11.4 Å². The first-order valence-corrected chi connectivity index (χ1v) is 6.58. The summed E-state index contributed by atoms with van der Waals surface area (Å²) in [5.74, 6) is 0.517. The van der Waals surface area contributed by atoms with Crippen molar-refractivity contribution in [2.75, 3.05) is 6.54 Å². The van der Waals surface area contributed by atoms with Crippen molar-refractivity contribution in [1.82, 2.24) is 20.1 Å². The average molecular weight is 297 g/mol. The third-order valence-corrected chi connectivity index (χ3v) is 3.10. The second kappa shape index (κ2) is 5.99. The van der Waals surface area contributed by atoms with Gasteiger partial charge in [-0.3, -0.25) is 14.5 Å². The fourth-order valence-electron chi connectivity index (χ4n) is 1.68. The van der Waals surface area contributed by atoms with Crippen LogP contribution in [0.2, 0.25) is 5.02 Å². The van der Waals surface area contributed by atoms with Gasteiger partial charge in [-0.2, -0.15) is 5.10 Å². The van der Waals surface area contributed by atoms with E-state index in [9.17, 15) is 4.79 Å². The molecule has 0 saturated carbocycles. The summed E-state index contributed by atoms with van der Waals surface area (Å²) in [7, 11) is 0. The van der Waals surface area contributed by atoms with Gasteiger partial charge in [-0.15, -0.1) is 0 Å². The third kappa shape index (κ3) is 3.21. The van der Waals surface area contributed by atoms with Crippen LogP contribution in [0, 0.1) is 4.77 Å². The number of carbonyl (C=O) groups is 1. The van der Waals surface area contributed by atoms with E-state index < -0.39 is 0 Å². The van der Waals surface area contributed by atoms with Gasteiger partial charge >= 0.3 is 0 Å². The van der Waals surface area contributed by atoms with E-state index in [2.05, 4.69) is 15.5 Å². The van der Waals surface area contributed by atoms with Crippen LogP contribution in [-0.2, 0) is 11.3 Å². The van der Waals surface area contributed by atoms with Crippen molar-refractivity contribution in [2.45, 2.75) is 13.5 Å². The Hall–Kier alpha value is -1.66. The lowest BCUT2D eigenvalue weighted by Gasteiger charge is -2.06. The first-order chi connectivity index (χ1) is 9.11. The topological polar surface area (TPSA) is 62.7 Å². The highest BCUT2D eigenvalue weighted by molar-refractivity contribution is 7.71. The number of rotatable bonds is 4. The maximum absolute atomic E-state index is 11.7. The molecule has 0 aliphatic heterocycles. The lowest BCUT2D eigenvalue weighted by molar-refractivity contribution is -0.121. The van der Waals surface area contributed by atoms with Crippen LogP contribution in [0.3, 0.4) is 0 Å². The highest BCUT2D eigenvalue weighted by Gasteiger charge is 2.11. The van der Waals surface area contributed by atoms with Gasteiger partial charge in [0.2, 0.25) is 5.91 Å². The molecule has 5 nitrogen and oxygen atoms in total. The van der Waals surface area contributed by atoms with E-state index in [4.69, 9.17) is 23.8 Å². The van der Waals surface area contributed by atoms with Gasteiger partial charge in [-0.05, 0) is 43.4 Å². The van der Waals surface area contributed by atoms with Gasteiger partial charge in [0.05, 0.1) is 0 Å². The molecule has 0 unspecified atom stereocenters. The maximum atomic E-state index is 11.7. The summed E-state index contributed by atoms with van der Waals surface area (Å²) in [5.41, 5.74) is 0.848. The van der Waals surface area contributed by atoms with Gasteiger partial charge in [-0.25, -0.2) is 0 Å². The summed E-state index contributed by atoms with van der Waals surface area (Å²) in [4.78, 5) is 11.7. The molecular formula is C12H13ClN4OS. The fourth-order valence-corrected chi connectivity index (χ4v) is 2.00. The molecule has 1 amide bonds. The smallest absolute Gasteiger partial charge is 0.240 e. The molecule has 2 N–H and O–H groups in total. The van der Waals surface area contributed by atoms with Crippen LogP contribution in [-0.4, -0.2) is 27.2 Å². The van der Waals surface area contributed by atoms with Gasteiger partial charge in [-0.1, -0.05) is 11.6 Å². The Morgan fingerprint density at radius 1 is 1.47 bits per heavy atom. The number of halogens is 1. The molecule has 2 aromatic rings. The van der Waals surface area contributed by atoms with Crippen LogP contribution in [0.5, 0.6) is 0 Å². The maximum Gasteiger partial charge on any atom is 0.240 e. The van der Waals surface area contributed by atoms with Crippen LogP contribution in [0.4, 0.5) is 0 Å². The first kappa shape index (κ1) is 13.8. The van der Waals surface area contributed by atoms with Crippen molar-refractivity contribution in [1.29, 1.82) is 0 Å². The zero-order chi connectivity index (χ0) is 13.8. The van der Waals surface area contributed by atoms with Gasteiger partial charge < -0.3 is 5.32 Å². The zero-order valence-corrected chi connectivity index (χ0v) is 11.9. The lowest BCUT2D eigenvalue weighted by atomic mass is 10.2. The second-order valence-corrected chi connectivity index (χ2v) is 4.72. The van der Waals surface area contributed by atoms with Crippen LogP contribution < -0.4 is 5.32 Å². The van der Waals surface area contributed by atoms with Crippen LogP contribution in [0.15, 0.2) is 24.3 Å². The van der Waals surface area contributed by atoms with E-state index in [1.165, 1.54) is 0 Å². The fraction of sp³-hybridized carbons (Fsp3) is 0.250. The Kier molecular flexibility index (Phi) is 4.34. The average Bonchev–Trinajstić information content (AvgIpc) is 2.73. The number of carbonyl (C=O) groups excluding carboxylic acids is 1. The number of nitrogens with zero attached hydrogens (tertiary/aromatic N) is 2. The standard InChI is InChI=1S/C12H13ClN4OS/c1-2-14-10(18)7-17-11(15-16-12(17)19)8-3-5-9(13)6-4-8/h3-6H,2,7H2,1H3,(H,14,18)(H,16,19). The number of nitrogens with one attached hydrogen (secondary N) is 2. The van der Waals surface area contributed by atoms with E-state index >= 15 is 0 Å². The van der Waals surface area contributed by atoms with Crippen molar-refractivity contribution < 1.29 is 4.79 Å². The minimum Gasteiger partial charge on any atom is -0.355 e. The highest BCUT2D eigenvalue weighted by Crippen LogP contribution is 2.19. The quantitative estimate of drug-likeness (QED) is 0.852. The van der Waals surface area contributed by atoms with Gasteiger partial charge in [0, 0.05) is 17.1 Å². The van der Waals surface area contributed by atoms with Crippen molar-refractivity contribution >= 4 is 29.7 Å². The number of aromatic nitrogens is 3. The third-order valence-electron chi connectivity index (χ3n) is 2.54. The molecule has 0 bridgehead atoms. The van der Waals surface area contributed by atoms with Crippen molar-refractivity contribution in [3.63, 3.8) is 0 Å². The molecule has 0 atom stereocenters. The minimum absolute atomic E-state index is 0.102. The van der Waals surface area contributed by atoms with Crippen LogP contribution in [0.25, 0.3) is 11.4 Å². The monoisotopic (exact) mass is 296 g/mol. The second-order valence-electron chi connectivity index (χ2n) is 3.90. The molecule has 2 rings (SSSR count). The number of aromatic amines is 1. The SMILES string of the molecule is CCNC(=O)Cn1c(-c2ccc(Cl)cc2)n[nH]c1=S. The van der Waals surface area contributed by atoms with Gasteiger partial charge in [0.25, 0.3) is 0 Å². The Bertz CT molecular complexity index is 632. The number of hydrogen-bond donors (Lipinski definition) is 2. The molecule has 1 aromatic heterocycles. The number of H-pyrrole nitrogens is 1. The Morgan fingerprint density at radius 3 is 2.79 bits per heavy atom. The summed E-state index contributed by atoms with van der Waals surface area (Å²) < 4.78 is 2.07.